The van der Waals surface area contributed by atoms with E-state index < -0.39 is 7.26 Å². The zero-order chi connectivity index (χ0) is 12.1. The molecule has 0 spiro atoms. The standard InChI is InChI=1S/C16H32P/c1-3-17(4-2,15-11-7-5-8-12-15)16-13-9-6-10-14-16/h15-16H,3-14H2,1-2H3/q+1. The molecule has 0 unspecified atom stereocenters. The van der Waals surface area contributed by atoms with Gasteiger partial charge >= 0.3 is 0 Å². The Balaban J connectivity index is 2.10. The van der Waals surface area contributed by atoms with Gasteiger partial charge in [-0.15, -0.1) is 0 Å². The molecule has 0 amide bonds. The molecule has 100 valence electrons. The Morgan fingerprint density at radius 1 is 0.647 bits per heavy atom. The summed E-state index contributed by atoms with van der Waals surface area (Å²) >= 11 is 0. The summed E-state index contributed by atoms with van der Waals surface area (Å²) in [5, 5.41) is 0. The van der Waals surface area contributed by atoms with Crippen LogP contribution in [-0.2, 0) is 0 Å². The molecule has 0 saturated heterocycles. The Morgan fingerprint density at radius 3 is 1.29 bits per heavy atom. The van der Waals surface area contributed by atoms with Crippen molar-refractivity contribution in [3.63, 3.8) is 0 Å². The van der Waals surface area contributed by atoms with Crippen LogP contribution >= 0.6 is 7.26 Å². The Bertz CT molecular complexity index is 188. The number of hydrogen-bond acceptors (Lipinski definition) is 0. The van der Waals surface area contributed by atoms with E-state index in [1.165, 1.54) is 24.2 Å². The van der Waals surface area contributed by atoms with Gasteiger partial charge in [-0.25, -0.2) is 0 Å². The molecular weight excluding hydrogens is 223 g/mol. The zero-order valence-corrected chi connectivity index (χ0v) is 13.0. The van der Waals surface area contributed by atoms with Gasteiger partial charge in [0.1, 0.15) is 0 Å². The minimum atomic E-state index is -0.609. The summed E-state index contributed by atoms with van der Waals surface area (Å²) in [6.45, 7) is 5.06. The molecule has 0 atom stereocenters. The number of hydrogen-bond donors (Lipinski definition) is 0. The minimum absolute atomic E-state index is 0.609. The first-order valence-electron chi connectivity index (χ1n) is 8.20. The molecule has 2 saturated carbocycles. The van der Waals surface area contributed by atoms with Crippen molar-refractivity contribution >= 4 is 7.26 Å². The second-order valence-corrected chi connectivity index (χ2v) is 11.3. The van der Waals surface area contributed by atoms with Crippen molar-refractivity contribution in [1.29, 1.82) is 0 Å². The lowest BCUT2D eigenvalue weighted by molar-refractivity contribution is 0.478. The summed E-state index contributed by atoms with van der Waals surface area (Å²) in [6, 6.07) is 0. The van der Waals surface area contributed by atoms with Crippen LogP contribution in [0, 0.1) is 0 Å². The molecule has 2 aliphatic rings. The van der Waals surface area contributed by atoms with Crippen LogP contribution in [0.2, 0.25) is 0 Å². The van der Waals surface area contributed by atoms with Crippen molar-refractivity contribution in [3.05, 3.63) is 0 Å². The Morgan fingerprint density at radius 2 is 1.00 bits per heavy atom. The van der Waals surface area contributed by atoms with Gasteiger partial charge in [-0.1, -0.05) is 12.8 Å². The van der Waals surface area contributed by atoms with E-state index in [4.69, 9.17) is 0 Å². The second kappa shape index (κ2) is 6.55. The molecule has 2 rings (SSSR count). The van der Waals surface area contributed by atoms with Gasteiger partial charge in [0.05, 0.1) is 23.6 Å². The molecule has 0 aliphatic heterocycles. The lowest BCUT2D eigenvalue weighted by Gasteiger charge is -2.42. The summed E-state index contributed by atoms with van der Waals surface area (Å²) in [5.74, 6) is 0. The molecule has 0 aromatic heterocycles. The summed E-state index contributed by atoms with van der Waals surface area (Å²) in [5.41, 5.74) is 2.35. The molecule has 0 nitrogen and oxygen atoms in total. The molecule has 0 N–H and O–H groups in total. The van der Waals surface area contributed by atoms with Crippen molar-refractivity contribution < 1.29 is 0 Å². The van der Waals surface area contributed by atoms with E-state index in [0.717, 1.165) is 0 Å². The smallest absolute Gasteiger partial charge is 0.0530 e. The average molecular weight is 255 g/mol. The third kappa shape index (κ3) is 2.89. The minimum Gasteiger partial charge on any atom is -0.0530 e. The topological polar surface area (TPSA) is 0 Å². The fraction of sp³-hybridized carbons (Fsp3) is 1.00. The molecule has 0 radical (unpaired) electrons. The third-order valence-electron chi connectivity index (χ3n) is 5.78. The van der Waals surface area contributed by atoms with Gasteiger partial charge in [-0.05, 0) is 65.2 Å². The zero-order valence-electron chi connectivity index (χ0n) is 12.1. The average Bonchev–Trinajstić information content (AvgIpc) is 2.43. The highest BCUT2D eigenvalue weighted by Crippen LogP contribution is 2.71. The van der Waals surface area contributed by atoms with E-state index in [1.54, 1.807) is 63.7 Å². The van der Waals surface area contributed by atoms with Crippen molar-refractivity contribution in [2.45, 2.75) is 89.4 Å². The van der Waals surface area contributed by atoms with E-state index >= 15 is 0 Å². The van der Waals surface area contributed by atoms with Crippen LogP contribution in [-0.4, -0.2) is 23.6 Å². The normalized spacial score (nSPS) is 25.1. The summed E-state index contributed by atoms with van der Waals surface area (Å²) in [4.78, 5) is 0. The highest BCUT2D eigenvalue weighted by Gasteiger charge is 2.49. The SMILES string of the molecule is CC[P+](CC)(C1CCCCC1)C1CCCCC1. The Hall–Kier alpha value is 0.430. The fourth-order valence-electron chi connectivity index (χ4n) is 4.75. The first-order valence-corrected chi connectivity index (χ1v) is 10.5. The lowest BCUT2D eigenvalue weighted by Crippen LogP contribution is -2.30. The molecule has 0 bridgehead atoms. The molecule has 0 aromatic carbocycles. The van der Waals surface area contributed by atoms with Gasteiger partial charge in [0.25, 0.3) is 0 Å². The Labute approximate surface area is 109 Å². The Kier molecular flexibility index (Phi) is 5.34. The van der Waals surface area contributed by atoms with Gasteiger partial charge < -0.3 is 0 Å². The molecule has 2 fully saturated rings. The highest BCUT2D eigenvalue weighted by atomic mass is 31.2. The van der Waals surface area contributed by atoms with Crippen LogP contribution in [0.3, 0.4) is 0 Å². The van der Waals surface area contributed by atoms with E-state index in [1.807, 2.05) is 0 Å². The highest BCUT2D eigenvalue weighted by molar-refractivity contribution is 7.77. The predicted molar refractivity (Wildman–Crippen MR) is 81.7 cm³/mol. The molecule has 0 heterocycles. The largest absolute Gasteiger partial charge is 0.0700 e. The van der Waals surface area contributed by atoms with Crippen LogP contribution in [0.25, 0.3) is 0 Å². The maximum Gasteiger partial charge on any atom is 0.0700 e. The van der Waals surface area contributed by atoms with E-state index in [9.17, 15) is 0 Å². The molecule has 1 heteroatoms. The van der Waals surface area contributed by atoms with E-state index in [-0.39, 0.29) is 0 Å². The number of rotatable bonds is 4. The van der Waals surface area contributed by atoms with Crippen molar-refractivity contribution in [2.75, 3.05) is 12.3 Å². The van der Waals surface area contributed by atoms with Crippen LogP contribution in [0.1, 0.15) is 78.1 Å². The molecular formula is C16H32P+. The third-order valence-corrected chi connectivity index (χ3v) is 12.1. The lowest BCUT2D eigenvalue weighted by atomic mass is 9.99. The van der Waals surface area contributed by atoms with Gasteiger partial charge in [-0.3, -0.25) is 0 Å². The van der Waals surface area contributed by atoms with Gasteiger partial charge in [0, 0.05) is 7.26 Å². The van der Waals surface area contributed by atoms with Gasteiger partial charge in [0.15, 0.2) is 0 Å². The fourth-order valence-corrected chi connectivity index (χ4v) is 10.6. The van der Waals surface area contributed by atoms with Crippen molar-refractivity contribution in [1.82, 2.24) is 0 Å². The maximum atomic E-state index is 2.53. The maximum absolute atomic E-state index is 2.53. The predicted octanol–water partition coefficient (Wildman–Crippen LogP) is 5.71. The van der Waals surface area contributed by atoms with Crippen molar-refractivity contribution in [2.24, 2.45) is 0 Å². The molecule has 17 heavy (non-hydrogen) atoms. The first-order chi connectivity index (χ1) is 8.33. The van der Waals surface area contributed by atoms with E-state index in [2.05, 4.69) is 13.8 Å². The monoisotopic (exact) mass is 255 g/mol. The summed E-state index contributed by atoms with van der Waals surface area (Å²) in [6.07, 6.45) is 18.7. The molecule has 2 aliphatic carbocycles. The van der Waals surface area contributed by atoms with Gasteiger partial charge in [-0.2, -0.15) is 0 Å². The van der Waals surface area contributed by atoms with Crippen molar-refractivity contribution in [3.8, 4) is 0 Å². The van der Waals surface area contributed by atoms with E-state index in [0.29, 0.717) is 0 Å². The van der Waals surface area contributed by atoms with Crippen LogP contribution in [0.15, 0.2) is 0 Å². The van der Waals surface area contributed by atoms with Crippen LogP contribution in [0.5, 0.6) is 0 Å². The van der Waals surface area contributed by atoms with Crippen LogP contribution in [0.4, 0.5) is 0 Å². The summed E-state index contributed by atoms with van der Waals surface area (Å²) in [7, 11) is -0.609. The second-order valence-electron chi connectivity index (χ2n) is 6.32. The first kappa shape index (κ1) is 13.9. The summed E-state index contributed by atoms with van der Waals surface area (Å²) < 4.78 is 0. The quantitative estimate of drug-likeness (QED) is 0.564. The van der Waals surface area contributed by atoms with Crippen LogP contribution < -0.4 is 0 Å². The molecule has 0 aromatic rings. The van der Waals surface area contributed by atoms with Gasteiger partial charge in [0.2, 0.25) is 0 Å².